The molecule has 1 aliphatic rings. The zero-order valence-corrected chi connectivity index (χ0v) is 9.74. The minimum absolute atomic E-state index is 0.0206. The molecule has 1 N–H and O–H groups in total. The number of amides is 1. The van der Waals surface area contributed by atoms with Crippen LogP contribution in [0.25, 0.3) is 0 Å². The maximum absolute atomic E-state index is 12.2. The van der Waals surface area contributed by atoms with E-state index < -0.39 is 36.4 Å². The van der Waals surface area contributed by atoms with E-state index in [1.54, 1.807) is 0 Å². The molecule has 1 fully saturated rings. The van der Waals surface area contributed by atoms with Crippen LogP contribution in [-0.4, -0.2) is 53.9 Å². The summed E-state index contributed by atoms with van der Waals surface area (Å²) in [4.78, 5) is 23.3. The topological polar surface area (TPSA) is 66.8 Å². The molecule has 1 aliphatic heterocycles. The lowest BCUT2D eigenvalue weighted by molar-refractivity contribution is -0.163. The molecule has 0 aromatic rings. The summed E-state index contributed by atoms with van der Waals surface area (Å²) in [6, 6.07) is -0.831. The van der Waals surface area contributed by atoms with Crippen LogP contribution in [0.2, 0.25) is 0 Å². The lowest BCUT2D eigenvalue weighted by Gasteiger charge is -2.29. The molecular formula is C10H14F3NO4. The Hall–Kier alpha value is -1.31. The van der Waals surface area contributed by atoms with Gasteiger partial charge in [0.1, 0.15) is 12.3 Å². The van der Waals surface area contributed by atoms with Crippen LogP contribution in [0.15, 0.2) is 0 Å². The van der Waals surface area contributed by atoms with Crippen molar-refractivity contribution in [3.8, 4) is 0 Å². The second-order valence-corrected chi connectivity index (χ2v) is 4.02. The summed E-state index contributed by atoms with van der Waals surface area (Å²) in [5.41, 5.74) is 0. The Morgan fingerprint density at radius 2 is 2.00 bits per heavy atom. The second kappa shape index (κ2) is 5.55. The molecule has 18 heavy (non-hydrogen) atoms. The Kier molecular flexibility index (Phi) is 4.55. The quantitative estimate of drug-likeness (QED) is 0.823. The molecule has 0 radical (unpaired) electrons. The van der Waals surface area contributed by atoms with Crippen LogP contribution in [0, 0.1) is 5.92 Å². The number of ether oxygens (including phenoxy) is 1. The maximum Gasteiger partial charge on any atom is 0.397 e. The summed E-state index contributed by atoms with van der Waals surface area (Å²) in [5.74, 6) is -3.26. The van der Waals surface area contributed by atoms with E-state index in [0.717, 1.165) is 4.90 Å². The largest absolute Gasteiger partial charge is 0.481 e. The van der Waals surface area contributed by atoms with Gasteiger partial charge in [-0.25, -0.2) is 0 Å². The fraction of sp³-hybridized carbons (Fsp3) is 0.800. The van der Waals surface area contributed by atoms with Crippen molar-refractivity contribution in [2.24, 2.45) is 5.92 Å². The third kappa shape index (κ3) is 3.59. The van der Waals surface area contributed by atoms with E-state index in [0.29, 0.717) is 0 Å². The lowest BCUT2D eigenvalue weighted by atomic mass is 10.0. The number of carbonyl (C=O) groups is 2. The monoisotopic (exact) mass is 269 g/mol. The summed E-state index contributed by atoms with van der Waals surface area (Å²) in [7, 11) is 0. The molecule has 1 rings (SSSR count). The number of aliphatic carboxylic acids is 1. The number of likely N-dealkylation sites (N-methyl/N-ethyl adjacent to an activating group) is 1. The second-order valence-electron chi connectivity index (χ2n) is 4.02. The third-order valence-electron chi connectivity index (χ3n) is 2.78. The fourth-order valence-corrected chi connectivity index (χ4v) is 1.95. The highest BCUT2D eigenvalue weighted by atomic mass is 19.4. The van der Waals surface area contributed by atoms with Crippen molar-refractivity contribution in [1.82, 2.24) is 4.90 Å². The van der Waals surface area contributed by atoms with Crippen LogP contribution in [0.5, 0.6) is 0 Å². The smallest absolute Gasteiger partial charge is 0.397 e. The van der Waals surface area contributed by atoms with Gasteiger partial charge in [-0.05, 0) is 6.92 Å². The Morgan fingerprint density at radius 1 is 1.39 bits per heavy atom. The van der Waals surface area contributed by atoms with Crippen molar-refractivity contribution >= 4 is 11.9 Å². The summed E-state index contributed by atoms with van der Waals surface area (Å²) < 4.78 is 41.4. The van der Waals surface area contributed by atoms with E-state index in [2.05, 4.69) is 0 Å². The average Bonchev–Trinajstić information content (AvgIpc) is 2.64. The molecular weight excluding hydrogens is 255 g/mol. The van der Waals surface area contributed by atoms with Crippen LogP contribution in [-0.2, 0) is 14.3 Å². The van der Waals surface area contributed by atoms with Gasteiger partial charge in [-0.2, -0.15) is 13.2 Å². The van der Waals surface area contributed by atoms with Gasteiger partial charge in [-0.1, -0.05) is 0 Å². The molecule has 0 aromatic heterocycles. The van der Waals surface area contributed by atoms with Crippen LogP contribution in [0.3, 0.4) is 0 Å². The molecule has 0 saturated carbocycles. The number of carboxylic acids is 1. The van der Waals surface area contributed by atoms with Crippen molar-refractivity contribution in [1.29, 1.82) is 0 Å². The highest BCUT2D eigenvalue weighted by Gasteiger charge is 2.42. The number of rotatable bonds is 4. The number of halogens is 3. The molecule has 0 aliphatic carbocycles. The lowest BCUT2D eigenvalue weighted by Crippen LogP contribution is -2.47. The average molecular weight is 269 g/mol. The predicted octanol–water partition coefficient (Wildman–Crippen LogP) is 0.887. The normalized spacial score (nSPS) is 24.0. The summed E-state index contributed by atoms with van der Waals surface area (Å²) >= 11 is 0. The van der Waals surface area contributed by atoms with E-state index in [-0.39, 0.29) is 19.8 Å². The minimum Gasteiger partial charge on any atom is -0.481 e. The Morgan fingerprint density at radius 3 is 2.44 bits per heavy atom. The fourth-order valence-electron chi connectivity index (χ4n) is 1.95. The summed E-state index contributed by atoms with van der Waals surface area (Å²) in [6.07, 6.45) is -6.17. The van der Waals surface area contributed by atoms with Crippen LogP contribution < -0.4 is 0 Å². The molecule has 1 heterocycles. The van der Waals surface area contributed by atoms with Crippen molar-refractivity contribution in [2.45, 2.75) is 25.6 Å². The zero-order valence-electron chi connectivity index (χ0n) is 9.74. The first-order valence-corrected chi connectivity index (χ1v) is 5.43. The molecule has 1 amide bonds. The number of alkyl halides is 3. The highest BCUT2D eigenvalue weighted by molar-refractivity contribution is 5.79. The van der Waals surface area contributed by atoms with Gasteiger partial charge in [0.05, 0.1) is 19.3 Å². The summed E-state index contributed by atoms with van der Waals surface area (Å²) in [5, 5.41) is 8.90. The first-order valence-electron chi connectivity index (χ1n) is 5.43. The van der Waals surface area contributed by atoms with Crippen molar-refractivity contribution in [3.05, 3.63) is 0 Å². The molecule has 8 heteroatoms. The molecule has 104 valence electrons. The van der Waals surface area contributed by atoms with E-state index in [1.165, 1.54) is 6.92 Å². The molecule has 2 atom stereocenters. The van der Waals surface area contributed by atoms with E-state index in [4.69, 9.17) is 9.84 Å². The highest BCUT2D eigenvalue weighted by Crippen LogP contribution is 2.25. The molecule has 2 unspecified atom stereocenters. The van der Waals surface area contributed by atoms with Crippen LogP contribution in [0.4, 0.5) is 13.2 Å². The van der Waals surface area contributed by atoms with Gasteiger partial charge in [0, 0.05) is 6.54 Å². The molecule has 1 saturated heterocycles. The van der Waals surface area contributed by atoms with Crippen molar-refractivity contribution in [3.63, 3.8) is 0 Å². The zero-order chi connectivity index (χ0) is 13.9. The standard InChI is InChI=1S/C10H14F3NO4/c1-2-14(8(15)3-10(11,12)13)7-5-18-4-6(7)9(16)17/h6-7H,2-5H2,1H3,(H,16,17). The number of nitrogens with zero attached hydrogens (tertiary/aromatic N) is 1. The number of carbonyl (C=O) groups excluding carboxylic acids is 1. The molecule has 0 bridgehead atoms. The third-order valence-corrected chi connectivity index (χ3v) is 2.78. The van der Waals surface area contributed by atoms with Gasteiger partial charge in [0.15, 0.2) is 0 Å². The van der Waals surface area contributed by atoms with Gasteiger partial charge in [-0.3, -0.25) is 9.59 Å². The maximum atomic E-state index is 12.2. The number of hydrogen-bond donors (Lipinski definition) is 1. The molecule has 0 spiro atoms. The predicted molar refractivity (Wildman–Crippen MR) is 53.8 cm³/mol. The number of carboxylic acid groups (broad SMARTS) is 1. The number of hydrogen-bond acceptors (Lipinski definition) is 3. The molecule has 0 aromatic carbocycles. The Bertz CT molecular complexity index is 332. The van der Waals surface area contributed by atoms with Gasteiger partial charge in [-0.15, -0.1) is 0 Å². The van der Waals surface area contributed by atoms with Gasteiger partial charge in [0.2, 0.25) is 5.91 Å². The Labute approximate surface area is 102 Å². The van der Waals surface area contributed by atoms with Crippen LogP contribution in [0.1, 0.15) is 13.3 Å². The van der Waals surface area contributed by atoms with Crippen molar-refractivity contribution in [2.75, 3.05) is 19.8 Å². The van der Waals surface area contributed by atoms with E-state index in [9.17, 15) is 22.8 Å². The minimum atomic E-state index is -4.59. The summed E-state index contributed by atoms with van der Waals surface area (Å²) in [6.45, 7) is 1.39. The van der Waals surface area contributed by atoms with Gasteiger partial charge >= 0.3 is 12.1 Å². The van der Waals surface area contributed by atoms with Gasteiger partial charge in [0.25, 0.3) is 0 Å². The van der Waals surface area contributed by atoms with E-state index >= 15 is 0 Å². The first kappa shape index (κ1) is 14.7. The van der Waals surface area contributed by atoms with E-state index in [1.807, 2.05) is 0 Å². The van der Waals surface area contributed by atoms with Crippen LogP contribution >= 0.6 is 0 Å². The SMILES string of the molecule is CCN(C(=O)CC(F)(F)F)C1COCC1C(=O)O. The Balaban J connectivity index is 2.76. The molecule has 5 nitrogen and oxygen atoms in total. The first-order chi connectivity index (χ1) is 8.26. The van der Waals surface area contributed by atoms with Gasteiger partial charge < -0.3 is 14.7 Å². The van der Waals surface area contributed by atoms with Crippen molar-refractivity contribution < 1.29 is 32.6 Å².